The molecule has 0 aliphatic heterocycles. The van der Waals surface area contributed by atoms with Crippen LogP contribution < -0.4 is 0 Å². The Balaban J connectivity index is 2.34. The first kappa shape index (κ1) is 17.1. The Labute approximate surface area is 137 Å². The highest BCUT2D eigenvalue weighted by atomic mass is 14.5. The van der Waals surface area contributed by atoms with Gasteiger partial charge < -0.3 is 0 Å². The third-order valence-corrected chi connectivity index (χ3v) is 5.98. The van der Waals surface area contributed by atoms with Crippen molar-refractivity contribution in [2.45, 2.75) is 61.8 Å². The number of allylic oxidation sites excluding steroid dienone is 10. The highest BCUT2D eigenvalue weighted by Gasteiger charge is 2.42. The SMILES string of the molecule is CC(C)=C1C=CC(C(C)(C)C(C)(C)C2=CC(C(C)C)=CC2)=C1. The van der Waals surface area contributed by atoms with Gasteiger partial charge in [0, 0.05) is 0 Å². The van der Waals surface area contributed by atoms with Crippen molar-refractivity contribution in [2.75, 3.05) is 0 Å². The monoisotopic (exact) mass is 296 g/mol. The van der Waals surface area contributed by atoms with E-state index < -0.39 is 0 Å². The van der Waals surface area contributed by atoms with Crippen molar-refractivity contribution in [1.82, 2.24) is 0 Å². The average molecular weight is 296 g/mol. The Morgan fingerprint density at radius 2 is 1.59 bits per heavy atom. The summed E-state index contributed by atoms with van der Waals surface area (Å²) in [6.45, 7) is 18.6. The van der Waals surface area contributed by atoms with Crippen LogP contribution in [0.4, 0.5) is 0 Å². The number of hydrogen-bond acceptors (Lipinski definition) is 0. The zero-order valence-electron chi connectivity index (χ0n) is 15.7. The maximum Gasteiger partial charge on any atom is -0.00148 e. The van der Waals surface area contributed by atoms with Gasteiger partial charge in [0.2, 0.25) is 0 Å². The van der Waals surface area contributed by atoms with Gasteiger partial charge in [-0.3, -0.25) is 0 Å². The Morgan fingerprint density at radius 3 is 2.05 bits per heavy atom. The van der Waals surface area contributed by atoms with E-state index in [1.54, 1.807) is 5.57 Å². The molecule has 120 valence electrons. The lowest BCUT2D eigenvalue weighted by molar-refractivity contribution is 0.201. The fraction of sp³-hybridized carbons (Fsp3) is 0.545. The van der Waals surface area contributed by atoms with E-state index in [1.807, 2.05) is 0 Å². The summed E-state index contributed by atoms with van der Waals surface area (Å²) in [6, 6.07) is 0. The summed E-state index contributed by atoms with van der Waals surface area (Å²) in [5, 5.41) is 0. The smallest absolute Gasteiger partial charge is 0.00148 e. The quantitative estimate of drug-likeness (QED) is 0.536. The van der Waals surface area contributed by atoms with Gasteiger partial charge in [-0.25, -0.2) is 0 Å². The molecule has 0 saturated heterocycles. The topological polar surface area (TPSA) is 0 Å². The second-order valence-corrected chi connectivity index (χ2v) is 8.37. The van der Waals surface area contributed by atoms with E-state index in [0.29, 0.717) is 5.92 Å². The molecule has 0 unspecified atom stereocenters. The lowest BCUT2D eigenvalue weighted by atomic mass is 9.60. The molecule has 0 aromatic carbocycles. The first-order chi connectivity index (χ1) is 10.1. The minimum atomic E-state index is 0.118. The van der Waals surface area contributed by atoms with Crippen LogP contribution in [0.25, 0.3) is 0 Å². The van der Waals surface area contributed by atoms with Crippen LogP contribution in [0.1, 0.15) is 61.8 Å². The van der Waals surface area contributed by atoms with E-state index in [-0.39, 0.29) is 10.8 Å². The summed E-state index contributed by atoms with van der Waals surface area (Å²) in [6.07, 6.45) is 12.9. The van der Waals surface area contributed by atoms with Gasteiger partial charge in [-0.1, -0.05) is 83.1 Å². The lowest BCUT2D eigenvalue weighted by Crippen LogP contribution is -2.35. The molecule has 0 saturated carbocycles. The molecule has 0 fully saturated rings. The number of hydrogen-bond donors (Lipinski definition) is 0. The van der Waals surface area contributed by atoms with Gasteiger partial charge in [-0.15, -0.1) is 0 Å². The molecule has 0 nitrogen and oxygen atoms in total. The summed E-state index contributed by atoms with van der Waals surface area (Å²) in [7, 11) is 0. The third-order valence-electron chi connectivity index (χ3n) is 5.98. The van der Waals surface area contributed by atoms with E-state index in [0.717, 1.165) is 6.42 Å². The van der Waals surface area contributed by atoms with Crippen LogP contribution in [0.5, 0.6) is 0 Å². The first-order valence-corrected chi connectivity index (χ1v) is 8.56. The molecular weight excluding hydrogens is 264 g/mol. The van der Waals surface area contributed by atoms with Crippen molar-refractivity contribution in [2.24, 2.45) is 16.7 Å². The van der Waals surface area contributed by atoms with Crippen molar-refractivity contribution in [3.8, 4) is 0 Å². The lowest BCUT2D eigenvalue weighted by Gasteiger charge is -2.44. The minimum Gasteiger partial charge on any atom is -0.0770 e. The molecule has 2 rings (SSSR count). The van der Waals surface area contributed by atoms with Gasteiger partial charge in [0.15, 0.2) is 0 Å². The van der Waals surface area contributed by atoms with E-state index in [2.05, 4.69) is 85.8 Å². The Bertz CT molecular complexity index is 606. The molecule has 2 aliphatic carbocycles. The fourth-order valence-electron chi connectivity index (χ4n) is 3.29. The normalized spacial score (nSPS) is 18.8. The molecule has 0 N–H and O–H groups in total. The zero-order chi connectivity index (χ0) is 16.7. The van der Waals surface area contributed by atoms with Crippen LogP contribution in [0.3, 0.4) is 0 Å². The number of rotatable bonds is 4. The largest absolute Gasteiger partial charge is 0.0770 e. The van der Waals surface area contributed by atoms with Crippen LogP contribution in [0, 0.1) is 16.7 Å². The summed E-state index contributed by atoms with van der Waals surface area (Å²) in [5.74, 6) is 0.624. The maximum atomic E-state index is 2.45. The molecule has 0 aromatic rings. The van der Waals surface area contributed by atoms with Gasteiger partial charge in [-0.05, 0) is 53.7 Å². The molecule has 22 heavy (non-hydrogen) atoms. The van der Waals surface area contributed by atoms with Crippen molar-refractivity contribution in [1.29, 1.82) is 0 Å². The van der Waals surface area contributed by atoms with E-state index in [1.165, 1.54) is 22.3 Å². The molecule has 0 heterocycles. The predicted octanol–water partition coefficient (Wildman–Crippen LogP) is 6.78. The van der Waals surface area contributed by atoms with Gasteiger partial charge >= 0.3 is 0 Å². The van der Waals surface area contributed by atoms with Crippen molar-refractivity contribution < 1.29 is 0 Å². The van der Waals surface area contributed by atoms with Gasteiger partial charge in [-0.2, -0.15) is 0 Å². The maximum absolute atomic E-state index is 2.45. The average Bonchev–Trinajstić information content (AvgIpc) is 3.08. The summed E-state index contributed by atoms with van der Waals surface area (Å²) < 4.78 is 0. The molecule has 0 amide bonds. The molecule has 0 radical (unpaired) electrons. The summed E-state index contributed by atoms with van der Waals surface area (Å²) >= 11 is 0. The highest BCUT2D eigenvalue weighted by Crippen LogP contribution is 2.53. The second kappa shape index (κ2) is 5.72. The van der Waals surface area contributed by atoms with Crippen LogP contribution >= 0.6 is 0 Å². The van der Waals surface area contributed by atoms with Crippen LogP contribution in [0.15, 0.2) is 58.2 Å². The molecular formula is C22H32. The minimum absolute atomic E-state index is 0.118. The molecule has 0 bridgehead atoms. The van der Waals surface area contributed by atoms with Gasteiger partial charge in [0.1, 0.15) is 0 Å². The zero-order valence-corrected chi connectivity index (χ0v) is 15.7. The molecule has 0 aromatic heterocycles. The molecule has 0 atom stereocenters. The fourth-order valence-corrected chi connectivity index (χ4v) is 3.29. The van der Waals surface area contributed by atoms with Crippen LogP contribution in [-0.2, 0) is 0 Å². The molecule has 0 heteroatoms. The molecule has 2 aliphatic rings. The predicted molar refractivity (Wildman–Crippen MR) is 98.8 cm³/mol. The third kappa shape index (κ3) is 2.81. The van der Waals surface area contributed by atoms with E-state index >= 15 is 0 Å². The van der Waals surface area contributed by atoms with Gasteiger partial charge in [0.25, 0.3) is 0 Å². The van der Waals surface area contributed by atoms with E-state index in [9.17, 15) is 0 Å². The van der Waals surface area contributed by atoms with Crippen LogP contribution in [0.2, 0.25) is 0 Å². The van der Waals surface area contributed by atoms with Gasteiger partial charge in [0.05, 0.1) is 0 Å². The Kier molecular flexibility index (Phi) is 4.44. The van der Waals surface area contributed by atoms with Crippen molar-refractivity contribution in [3.63, 3.8) is 0 Å². The standard InChI is InChI=1S/C22H32/c1-15(2)17-9-11-19(13-17)21(5,6)22(7,8)20-12-10-18(14-20)16(3)4/h9-11,13-14,16H,12H2,1-8H3. The van der Waals surface area contributed by atoms with Crippen molar-refractivity contribution in [3.05, 3.63) is 58.2 Å². The summed E-state index contributed by atoms with van der Waals surface area (Å²) in [4.78, 5) is 0. The molecule has 0 spiro atoms. The van der Waals surface area contributed by atoms with Crippen LogP contribution in [-0.4, -0.2) is 0 Å². The highest BCUT2D eigenvalue weighted by molar-refractivity contribution is 5.52. The Morgan fingerprint density at radius 1 is 0.955 bits per heavy atom. The summed E-state index contributed by atoms with van der Waals surface area (Å²) in [5.41, 5.74) is 7.55. The van der Waals surface area contributed by atoms with E-state index in [4.69, 9.17) is 0 Å². The first-order valence-electron chi connectivity index (χ1n) is 8.56. The van der Waals surface area contributed by atoms with Crippen molar-refractivity contribution >= 4 is 0 Å². The second-order valence-electron chi connectivity index (χ2n) is 8.37. The Hall–Kier alpha value is -1.30.